The van der Waals surface area contributed by atoms with Crippen LogP contribution >= 0.6 is 0 Å². The average Bonchev–Trinajstić information content (AvgIpc) is 2.43. The first-order chi connectivity index (χ1) is 9.58. The van der Waals surface area contributed by atoms with Gasteiger partial charge in [0.15, 0.2) is 5.75 Å². The standard InChI is InChI=1S/C14H12O6/c15-12(16)5-3-9-1-2-10(4-6-13(17)18)14-11(9)7-8-19-20-14/h1-6H,7-8H2,(H,15,16)(H,17,18). The van der Waals surface area contributed by atoms with Crippen LogP contribution in [0, 0.1) is 0 Å². The van der Waals surface area contributed by atoms with E-state index in [4.69, 9.17) is 20.0 Å². The van der Waals surface area contributed by atoms with Crippen LogP contribution in [0.2, 0.25) is 0 Å². The second kappa shape index (κ2) is 6.03. The van der Waals surface area contributed by atoms with Crippen molar-refractivity contribution in [3.63, 3.8) is 0 Å². The zero-order valence-corrected chi connectivity index (χ0v) is 10.4. The van der Waals surface area contributed by atoms with Crippen LogP contribution in [0.4, 0.5) is 0 Å². The molecule has 0 unspecified atom stereocenters. The van der Waals surface area contributed by atoms with E-state index in [-0.39, 0.29) is 0 Å². The van der Waals surface area contributed by atoms with Gasteiger partial charge < -0.3 is 15.1 Å². The summed E-state index contributed by atoms with van der Waals surface area (Å²) >= 11 is 0. The van der Waals surface area contributed by atoms with Crippen LogP contribution in [0.3, 0.4) is 0 Å². The van der Waals surface area contributed by atoms with E-state index in [0.717, 1.165) is 17.7 Å². The third-order valence-corrected chi connectivity index (χ3v) is 2.72. The molecule has 6 heteroatoms. The number of carboxylic acid groups (broad SMARTS) is 2. The van der Waals surface area contributed by atoms with Crippen molar-refractivity contribution < 1.29 is 29.6 Å². The molecule has 1 aliphatic rings. The summed E-state index contributed by atoms with van der Waals surface area (Å²) in [5, 5.41) is 17.3. The number of rotatable bonds is 4. The topological polar surface area (TPSA) is 93.1 Å². The summed E-state index contributed by atoms with van der Waals surface area (Å²) in [6.45, 7) is 0.354. The van der Waals surface area contributed by atoms with Crippen molar-refractivity contribution in [3.8, 4) is 5.75 Å². The molecule has 104 valence electrons. The fourth-order valence-corrected chi connectivity index (χ4v) is 1.87. The first kappa shape index (κ1) is 13.8. The van der Waals surface area contributed by atoms with Crippen molar-refractivity contribution in [2.45, 2.75) is 6.42 Å². The summed E-state index contributed by atoms with van der Waals surface area (Å²) in [6, 6.07) is 3.36. The average molecular weight is 276 g/mol. The Bertz CT molecular complexity index is 547. The van der Waals surface area contributed by atoms with Crippen LogP contribution in [-0.4, -0.2) is 28.8 Å². The molecule has 0 atom stereocenters. The maximum Gasteiger partial charge on any atom is 0.328 e. The van der Waals surface area contributed by atoms with Gasteiger partial charge >= 0.3 is 11.9 Å². The highest BCUT2D eigenvalue weighted by Gasteiger charge is 2.18. The smallest absolute Gasteiger partial charge is 0.328 e. The lowest BCUT2D eigenvalue weighted by molar-refractivity contribution is -0.215. The van der Waals surface area contributed by atoms with E-state index in [1.807, 2.05) is 0 Å². The third-order valence-electron chi connectivity index (χ3n) is 2.72. The molecule has 6 nitrogen and oxygen atoms in total. The summed E-state index contributed by atoms with van der Waals surface area (Å²) in [6.07, 6.45) is 5.47. The molecule has 0 aliphatic carbocycles. The van der Waals surface area contributed by atoms with Gasteiger partial charge in [-0.15, -0.1) is 0 Å². The molecule has 2 rings (SSSR count). The van der Waals surface area contributed by atoms with Crippen molar-refractivity contribution >= 4 is 24.1 Å². The quantitative estimate of drug-likeness (QED) is 0.642. The van der Waals surface area contributed by atoms with Crippen LogP contribution < -0.4 is 4.89 Å². The molecule has 0 saturated heterocycles. The van der Waals surface area contributed by atoms with Crippen LogP contribution in [-0.2, 0) is 20.9 Å². The van der Waals surface area contributed by atoms with E-state index in [0.29, 0.717) is 29.9 Å². The molecule has 2 N–H and O–H groups in total. The van der Waals surface area contributed by atoms with Gasteiger partial charge in [0, 0.05) is 29.7 Å². The first-order valence-corrected chi connectivity index (χ1v) is 5.85. The maximum atomic E-state index is 10.6. The number of fused-ring (bicyclic) bond motifs is 1. The van der Waals surface area contributed by atoms with Gasteiger partial charge in [-0.1, -0.05) is 12.1 Å². The van der Waals surface area contributed by atoms with Gasteiger partial charge in [0.1, 0.15) is 0 Å². The fourth-order valence-electron chi connectivity index (χ4n) is 1.87. The second-order valence-electron chi connectivity index (χ2n) is 4.05. The molecule has 0 aromatic heterocycles. The summed E-state index contributed by atoms with van der Waals surface area (Å²) in [5.41, 5.74) is 2.06. The molecular weight excluding hydrogens is 264 g/mol. The number of hydrogen-bond donors (Lipinski definition) is 2. The monoisotopic (exact) mass is 276 g/mol. The highest BCUT2D eigenvalue weighted by Crippen LogP contribution is 2.32. The summed E-state index contributed by atoms with van der Waals surface area (Å²) < 4.78 is 0. The predicted molar refractivity (Wildman–Crippen MR) is 70.1 cm³/mol. The zero-order chi connectivity index (χ0) is 14.5. The molecule has 0 bridgehead atoms. The molecule has 0 fully saturated rings. The van der Waals surface area contributed by atoms with Crippen molar-refractivity contribution in [2.75, 3.05) is 6.61 Å². The van der Waals surface area contributed by atoms with Crippen molar-refractivity contribution in [3.05, 3.63) is 41.0 Å². The van der Waals surface area contributed by atoms with Gasteiger partial charge in [-0.25, -0.2) is 9.59 Å². The lowest BCUT2D eigenvalue weighted by Crippen LogP contribution is -2.13. The number of hydrogen-bond acceptors (Lipinski definition) is 4. The lowest BCUT2D eigenvalue weighted by atomic mass is 9.98. The fraction of sp³-hybridized carbons (Fsp3) is 0.143. The van der Waals surface area contributed by atoms with E-state index >= 15 is 0 Å². The Morgan fingerprint density at radius 2 is 1.65 bits per heavy atom. The number of benzene rings is 1. The summed E-state index contributed by atoms with van der Waals surface area (Å²) in [5.74, 6) is -1.69. The molecule has 0 radical (unpaired) electrons. The molecule has 0 spiro atoms. The Morgan fingerprint density at radius 1 is 1.05 bits per heavy atom. The third kappa shape index (κ3) is 3.24. The molecule has 1 aromatic carbocycles. The van der Waals surface area contributed by atoms with Gasteiger partial charge in [0.05, 0.1) is 6.61 Å². The normalized spacial score (nSPS) is 14.2. The van der Waals surface area contributed by atoms with E-state index in [9.17, 15) is 9.59 Å². The summed E-state index contributed by atoms with van der Waals surface area (Å²) in [7, 11) is 0. The minimum atomic E-state index is -1.06. The second-order valence-corrected chi connectivity index (χ2v) is 4.05. The molecule has 1 heterocycles. The minimum absolute atomic E-state index is 0.354. The number of carbonyl (C=O) groups is 2. The van der Waals surface area contributed by atoms with E-state index in [2.05, 4.69) is 0 Å². The molecular formula is C14H12O6. The van der Waals surface area contributed by atoms with Crippen LogP contribution in [0.15, 0.2) is 24.3 Å². The maximum absolute atomic E-state index is 10.6. The molecule has 0 amide bonds. The van der Waals surface area contributed by atoms with Crippen molar-refractivity contribution in [2.24, 2.45) is 0 Å². The van der Waals surface area contributed by atoms with E-state index in [1.165, 1.54) is 12.2 Å². The van der Waals surface area contributed by atoms with E-state index < -0.39 is 11.9 Å². The largest absolute Gasteiger partial charge is 0.478 e. The molecule has 1 aromatic rings. The van der Waals surface area contributed by atoms with Crippen LogP contribution in [0.5, 0.6) is 5.75 Å². The molecule has 1 aliphatic heterocycles. The summed E-state index contributed by atoms with van der Waals surface area (Å²) in [4.78, 5) is 31.1. The van der Waals surface area contributed by atoms with Gasteiger partial charge in [0.25, 0.3) is 0 Å². The van der Waals surface area contributed by atoms with Crippen molar-refractivity contribution in [1.29, 1.82) is 0 Å². The Balaban J connectivity index is 2.43. The zero-order valence-electron chi connectivity index (χ0n) is 10.4. The Morgan fingerprint density at radius 3 is 2.30 bits per heavy atom. The Hall–Kier alpha value is -2.60. The lowest BCUT2D eigenvalue weighted by Gasteiger charge is -2.19. The predicted octanol–water partition coefficient (Wildman–Crippen LogP) is 1.75. The SMILES string of the molecule is O=C(O)C=Cc1ccc(C=CC(=O)O)c2c1CCOO2. The highest BCUT2D eigenvalue weighted by molar-refractivity contribution is 5.87. The van der Waals surface area contributed by atoms with Crippen LogP contribution in [0.1, 0.15) is 16.7 Å². The molecule has 0 saturated carbocycles. The first-order valence-electron chi connectivity index (χ1n) is 5.85. The highest BCUT2D eigenvalue weighted by atomic mass is 17.2. The van der Waals surface area contributed by atoms with Gasteiger partial charge in [-0.2, -0.15) is 4.89 Å². The molecule has 20 heavy (non-hydrogen) atoms. The van der Waals surface area contributed by atoms with Crippen molar-refractivity contribution in [1.82, 2.24) is 0 Å². The van der Waals surface area contributed by atoms with Gasteiger partial charge in [0.2, 0.25) is 0 Å². The van der Waals surface area contributed by atoms with Crippen LogP contribution in [0.25, 0.3) is 12.2 Å². The Kier molecular flexibility index (Phi) is 4.17. The Labute approximate surface area is 114 Å². The van der Waals surface area contributed by atoms with E-state index in [1.54, 1.807) is 12.1 Å². The minimum Gasteiger partial charge on any atom is -0.478 e. The van der Waals surface area contributed by atoms with Gasteiger partial charge in [-0.3, -0.25) is 0 Å². The van der Waals surface area contributed by atoms with Gasteiger partial charge in [-0.05, 0) is 17.7 Å². The number of carboxylic acids is 2. The number of aliphatic carboxylic acids is 2.